The number of rotatable bonds is 4. The Morgan fingerprint density at radius 3 is 2.63 bits per heavy atom. The molecular weight excluding hydrogens is 240 g/mol. The molecule has 0 aliphatic carbocycles. The fourth-order valence-electron chi connectivity index (χ4n) is 1.70. The number of aliphatic hydroxyl groups is 1. The quantitative estimate of drug-likeness (QED) is 0.880. The molecule has 2 rings (SSSR count). The first kappa shape index (κ1) is 13.2. The first-order valence-corrected chi connectivity index (χ1v) is 6.12. The summed E-state index contributed by atoms with van der Waals surface area (Å²) < 4.78 is 0. The van der Waals surface area contributed by atoms with E-state index in [9.17, 15) is 9.90 Å². The third-order valence-electron chi connectivity index (χ3n) is 2.84. The highest BCUT2D eigenvalue weighted by Crippen LogP contribution is 2.12. The molecule has 19 heavy (non-hydrogen) atoms. The predicted molar refractivity (Wildman–Crippen MR) is 72.5 cm³/mol. The molecular formula is C15H16N2O2. The molecule has 1 aromatic carbocycles. The van der Waals surface area contributed by atoms with Crippen molar-refractivity contribution in [1.29, 1.82) is 0 Å². The summed E-state index contributed by atoms with van der Waals surface area (Å²) in [6.07, 6.45) is 2.69. The van der Waals surface area contributed by atoms with Crippen LogP contribution in [0.25, 0.3) is 0 Å². The fourth-order valence-corrected chi connectivity index (χ4v) is 1.70. The molecule has 0 saturated heterocycles. The lowest BCUT2D eigenvalue weighted by Gasteiger charge is -2.07. The zero-order valence-corrected chi connectivity index (χ0v) is 10.7. The maximum absolute atomic E-state index is 11.8. The van der Waals surface area contributed by atoms with Crippen LogP contribution in [0.3, 0.4) is 0 Å². The number of carbonyl (C=O) groups excluding carboxylic acids is 1. The fraction of sp³-hybridized carbons (Fsp3) is 0.200. The molecule has 0 aliphatic rings. The lowest BCUT2D eigenvalue weighted by molar-refractivity contribution is 0.0950. The van der Waals surface area contributed by atoms with E-state index in [1.54, 1.807) is 25.3 Å². The summed E-state index contributed by atoms with van der Waals surface area (Å²) in [7, 11) is 0. The van der Waals surface area contributed by atoms with Crippen LogP contribution in [0.2, 0.25) is 0 Å². The third kappa shape index (κ3) is 3.63. The summed E-state index contributed by atoms with van der Waals surface area (Å²) in [5.74, 6) is -0.146. The Morgan fingerprint density at radius 2 is 2.05 bits per heavy atom. The highest BCUT2D eigenvalue weighted by molar-refractivity contribution is 5.93. The normalized spacial score (nSPS) is 11.9. The number of aromatic nitrogens is 1. The van der Waals surface area contributed by atoms with Crippen LogP contribution in [-0.2, 0) is 6.54 Å². The SMILES string of the molecule is CC(O)c1ccc(CNC(=O)c2cccnc2)cc1. The Hall–Kier alpha value is -2.20. The summed E-state index contributed by atoms with van der Waals surface area (Å²) in [6, 6.07) is 11.0. The number of amides is 1. The van der Waals surface area contributed by atoms with E-state index in [1.165, 1.54) is 6.20 Å². The molecule has 0 saturated carbocycles. The zero-order valence-electron chi connectivity index (χ0n) is 10.7. The van der Waals surface area contributed by atoms with Gasteiger partial charge in [-0.05, 0) is 30.2 Å². The van der Waals surface area contributed by atoms with E-state index < -0.39 is 6.10 Å². The number of carbonyl (C=O) groups is 1. The second-order valence-electron chi connectivity index (χ2n) is 4.34. The van der Waals surface area contributed by atoms with E-state index in [0.717, 1.165) is 11.1 Å². The molecule has 2 N–H and O–H groups in total. The van der Waals surface area contributed by atoms with Crippen molar-refractivity contribution >= 4 is 5.91 Å². The lowest BCUT2D eigenvalue weighted by Crippen LogP contribution is -2.22. The van der Waals surface area contributed by atoms with Crippen molar-refractivity contribution in [2.75, 3.05) is 0 Å². The zero-order chi connectivity index (χ0) is 13.7. The number of hydrogen-bond acceptors (Lipinski definition) is 3. The number of pyridine rings is 1. The minimum Gasteiger partial charge on any atom is -0.389 e. The second kappa shape index (κ2) is 6.11. The van der Waals surface area contributed by atoms with E-state index in [1.807, 2.05) is 24.3 Å². The van der Waals surface area contributed by atoms with Crippen molar-refractivity contribution in [2.24, 2.45) is 0 Å². The van der Waals surface area contributed by atoms with Crippen molar-refractivity contribution < 1.29 is 9.90 Å². The van der Waals surface area contributed by atoms with Crippen LogP contribution in [0.5, 0.6) is 0 Å². The van der Waals surface area contributed by atoms with Crippen molar-refractivity contribution in [3.63, 3.8) is 0 Å². The molecule has 1 unspecified atom stereocenters. The maximum Gasteiger partial charge on any atom is 0.253 e. The van der Waals surface area contributed by atoms with Gasteiger partial charge in [0.15, 0.2) is 0 Å². The van der Waals surface area contributed by atoms with Gasteiger partial charge in [-0.15, -0.1) is 0 Å². The number of nitrogens with zero attached hydrogens (tertiary/aromatic N) is 1. The van der Waals surface area contributed by atoms with Gasteiger partial charge in [0.05, 0.1) is 11.7 Å². The van der Waals surface area contributed by atoms with Gasteiger partial charge < -0.3 is 10.4 Å². The largest absolute Gasteiger partial charge is 0.389 e. The van der Waals surface area contributed by atoms with Gasteiger partial charge in [-0.3, -0.25) is 9.78 Å². The molecule has 0 spiro atoms. The van der Waals surface area contributed by atoms with Crippen LogP contribution in [0.1, 0.15) is 34.5 Å². The van der Waals surface area contributed by atoms with Crippen LogP contribution in [0, 0.1) is 0 Å². The smallest absolute Gasteiger partial charge is 0.253 e. The highest BCUT2D eigenvalue weighted by atomic mass is 16.3. The average Bonchev–Trinajstić information content (AvgIpc) is 2.46. The molecule has 0 radical (unpaired) electrons. The molecule has 4 heteroatoms. The molecule has 4 nitrogen and oxygen atoms in total. The highest BCUT2D eigenvalue weighted by Gasteiger charge is 2.05. The molecule has 1 heterocycles. The Labute approximate surface area is 112 Å². The monoisotopic (exact) mass is 256 g/mol. The van der Waals surface area contributed by atoms with Gasteiger partial charge in [0, 0.05) is 18.9 Å². The number of nitrogens with one attached hydrogen (secondary N) is 1. The van der Waals surface area contributed by atoms with Gasteiger partial charge in [-0.1, -0.05) is 24.3 Å². The number of aliphatic hydroxyl groups excluding tert-OH is 1. The number of benzene rings is 1. The van der Waals surface area contributed by atoms with Crippen LogP contribution in [-0.4, -0.2) is 16.0 Å². The van der Waals surface area contributed by atoms with Crippen molar-refractivity contribution in [2.45, 2.75) is 19.6 Å². The maximum atomic E-state index is 11.8. The van der Waals surface area contributed by atoms with Crippen molar-refractivity contribution in [1.82, 2.24) is 10.3 Å². The van der Waals surface area contributed by atoms with Gasteiger partial charge in [0.25, 0.3) is 5.91 Å². The first-order chi connectivity index (χ1) is 9.16. The van der Waals surface area contributed by atoms with E-state index in [4.69, 9.17) is 0 Å². The summed E-state index contributed by atoms with van der Waals surface area (Å²) in [4.78, 5) is 15.7. The van der Waals surface area contributed by atoms with Gasteiger partial charge in [0.1, 0.15) is 0 Å². The standard InChI is InChI=1S/C15H16N2O2/c1-11(18)13-6-4-12(5-7-13)9-17-15(19)14-3-2-8-16-10-14/h2-8,10-11,18H,9H2,1H3,(H,17,19). The first-order valence-electron chi connectivity index (χ1n) is 6.12. The Balaban J connectivity index is 1.94. The average molecular weight is 256 g/mol. The van der Waals surface area contributed by atoms with Crippen LogP contribution < -0.4 is 5.32 Å². The molecule has 1 amide bonds. The summed E-state index contributed by atoms with van der Waals surface area (Å²) >= 11 is 0. The van der Waals surface area contributed by atoms with Gasteiger partial charge in [0.2, 0.25) is 0 Å². The van der Waals surface area contributed by atoms with Crippen LogP contribution >= 0.6 is 0 Å². The predicted octanol–water partition coefficient (Wildman–Crippen LogP) is 2.06. The molecule has 2 aromatic rings. The van der Waals surface area contributed by atoms with E-state index in [2.05, 4.69) is 10.3 Å². The molecule has 98 valence electrons. The minimum absolute atomic E-state index is 0.146. The Morgan fingerprint density at radius 1 is 1.32 bits per heavy atom. The van der Waals surface area contributed by atoms with E-state index in [-0.39, 0.29) is 5.91 Å². The van der Waals surface area contributed by atoms with E-state index in [0.29, 0.717) is 12.1 Å². The van der Waals surface area contributed by atoms with Crippen molar-refractivity contribution in [3.05, 3.63) is 65.5 Å². The molecule has 0 fully saturated rings. The van der Waals surface area contributed by atoms with Crippen molar-refractivity contribution in [3.8, 4) is 0 Å². The van der Waals surface area contributed by atoms with E-state index >= 15 is 0 Å². The Kier molecular flexibility index (Phi) is 4.26. The van der Waals surface area contributed by atoms with Gasteiger partial charge in [-0.25, -0.2) is 0 Å². The topological polar surface area (TPSA) is 62.2 Å². The lowest BCUT2D eigenvalue weighted by atomic mass is 10.1. The molecule has 0 bridgehead atoms. The Bertz CT molecular complexity index is 536. The minimum atomic E-state index is -0.473. The summed E-state index contributed by atoms with van der Waals surface area (Å²) in [5.41, 5.74) is 2.40. The third-order valence-corrected chi connectivity index (χ3v) is 2.84. The summed E-state index contributed by atoms with van der Waals surface area (Å²) in [5, 5.41) is 12.2. The van der Waals surface area contributed by atoms with Crippen LogP contribution in [0.4, 0.5) is 0 Å². The molecule has 1 aromatic heterocycles. The molecule has 0 aliphatic heterocycles. The second-order valence-corrected chi connectivity index (χ2v) is 4.34. The summed E-state index contributed by atoms with van der Waals surface area (Å²) in [6.45, 7) is 2.17. The number of hydrogen-bond donors (Lipinski definition) is 2. The van der Waals surface area contributed by atoms with Gasteiger partial charge >= 0.3 is 0 Å². The van der Waals surface area contributed by atoms with Crippen LogP contribution in [0.15, 0.2) is 48.8 Å². The van der Waals surface area contributed by atoms with Gasteiger partial charge in [-0.2, -0.15) is 0 Å². The molecule has 1 atom stereocenters.